The molecular weight excluding hydrogens is 212 g/mol. The number of carbonyl (C=O) groups is 1. The third kappa shape index (κ3) is 1.54. The minimum atomic E-state index is -1.60. The number of aliphatic hydroxyl groups is 2. The van der Waals surface area contributed by atoms with E-state index in [1.54, 1.807) is 6.07 Å². The van der Waals surface area contributed by atoms with Crippen molar-refractivity contribution in [3.05, 3.63) is 29.6 Å². The lowest BCUT2D eigenvalue weighted by Crippen LogP contribution is -2.11. The van der Waals surface area contributed by atoms with Crippen LogP contribution >= 0.6 is 0 Å². The molecule has 0 aliphatic carbocycles. The molecule has 0 fully saturated rings. The molecule has 0 saturated heterocycles. The summed E-state index contributed by atoms with van der Waals surface area (Å²) in [7, 11) is 0. The van der Waals surface area contributed by atoms with E-state index < -0.39 is 12.1 Å². The van der Waals surface area contributed by atoms with Crippen molar-refractivity contribution in [2.24, 2.45) is 0 Å². The Bertz CT molecular complexity index is 535. The zero-order valence-corrected chi connectivity index (χ0v) is 8.21. The van der Waals surface area contributed by atoms with Gasteiger partial charge in [-0.3, -0.25) is 0 Å². The quantitative estimate of drug-likeness (QED) is 0.592. The van der Waals surface area contributed by atoms with Crippen LogP contribution < -0.4 is 0 Å². The van der Waals surface area contributed by atoms with E-state index in [1.165, 1.54) is 12.4 Å². The molecule has 0 aliphatic rings. The molecule has 0 radical (unpaired) electrons. The summed E-state index contributed by atoms with van der Waals surface area (Å²) in [5.74, 6) is -1.33. The van der Waals surface area contributed by atoms with E-state index in [0.29, 0.717) is 16.6 Å². The van der Waals surface area contributed by atoms with Crippen molar-refractivity contribution < 1.29 is 20.1 Å². The van der Waals surface area contributed by atoms with E-state index in [9.17, 15) is 9.90 Å². The topological polar surface area (TPSA) is 106 Å². The smallest absolute Gasteiger partial charge is 0.337 e. The summed E-state index contributed by atoms with van der Waals surface area (Å²) in [4.78, 5) is 17.4. The highest BCUT2D eigenvalue weighted by Gasteiger charge is 2.20. The fourth-order valence-corrected chi connectivity index (χ4v) is 1.60. The number of imidazole rings is 1. The molecule has 2 rings (SSSR count). The highest BCUT2D eigenvalue weighted by Crippen LogP contribution is 2.24. The summed E-state index contributed by atoms with van der Waals surface area (Å²) in [6.07, 6.45) is -0.210. The molecule has 1 aromatic heterocycles. The molecule has 16 heavy (non-hydrogen) atoms. The van der Waals surface area contributed by atoms with Gasteiger partial charge in [0.1, 0.15) is 0 Å². The number of rotatable bonds is 3. The van der Waals surface area contributed by atoms with E-state index in [-0.39, 0.29) is 12.2 Å². The van der Waals surface area contributed by atoms with Crippen molar-refractivity contribution in [1.82, 2.24) is 9.97 Å². The van der Waals surface area contributed by atoms with Gasteiger partial charge >= 0.3 is 5.97 Å². The summed E-state index contributed by atoms with van der Waals surface area (Å²) in [5, 5.41) is 27.3. The van der Waals surface area contributed by atoms with Gasteiger partial charge < -0.3 is 20.3 Å². The molecule has 1 aromatic carbocycles. The van der Waals surface area contributed by atoms with Crippen LogP contribution in [-0.2, 0) is 11.4 Å². The van der Waals surface area contributed by atoms with Gasteiger partial charge in [-0.15, -0.1) is 0 Å². The zero-order valence-electron chi connectivity index (χ0n) is 8.21. The zero-order chi connectivity index (χ0) is 11.7. The maximum atomic E-state index is 10.7. The Morgan fingerprint density at radius 2 is 2.25 bits per heavy atom. The third-order valence-corrected chi connectivity index (χ3v) is 2.40. The lowest BCUT2D eigenvalue weighted by molar-refractivity contribution is -0.146. The van der Waals surface area contributed by atoms with Crippen LogP contribution in [0.2, 0.25) is 0 Å². The van der Waals surface area contributed by atoms with Crippen molar-refractivity contribution in [2.75, 3.05) is 0 Å². The molecule has 4 N–H and O–H groups in total. The van der Waals surface area contributed by atoms with Gasteiger partial charge in [0.05, 0.1) is 24.0 Å². The molecular formula is C10H10N2O4. The van der Waals surface area contributed by atoms with Crippen LogP contribution in [-0.4, -0.2) is 31.3 Å². The van der Waals surface area contributed by atoms with Gasteiger partial charge in [0.15, 0.2) is 6.10 Å². The summed E-state index contributed by atoms with van der Waals surface area (Å²) in [6, 6.07) is 3.01. The van der Waals surface area contributed by atoms with E-state index in [0.717, 1.165) is 0 Å². The lowest BCUT2D eigenvalue weighted by atomic mass is 10.0. The van der Waals surface area contributed by atoms with E-state index in [1.807, 2.05) is 0 Å². The predicted molar refractivity (Wildman–Crippen MR) is 54.6 cm³/mol. The molecule has 2 aromatic rings. The highest BCUT2D eigenvalue weighted by molar-refractivity contribution is 5.87. The SMILES string of the molecule is O=C(O)C(O)c1ccc(CO)c2nc[nH]c12. The van der Waals surface area contributed by atoms with E-state index in [2.05, 4.69) is 9.97 Å². The Hall–Kier alpha value is -1.92. The largest absolute Gasteiger partial charge is 0.479 e. The minimum absolute atomic E-state index is 0.190. The van der Waals surface area contributed by atoms with Crippen LogP contribution in [0.3, 0.4) is 0 Å². The van der Waals surface area contributed by atoms with Crippen LogP contribution in [0, 0.1) is 0 Å². The molecule has 1 atom stereocenters. The monoisotopic (exact) mass is 222 g/mol. The number of carboxylic acids is 1. The van der Waals surface area contributed by atoms with Crippen molar-refractivity contribution in [2.45, 2.75) is 12.7 Å². The Labute approximate surface area is 90.2 Å². The molecule has 0 spiro atoms. The number of aliphatic hydroxyl groups excluding tert-OH is 2. The molecule has 0 bridgehead atoms. The summed E-state index contributed by atoms with van der Waals surface area (Å²) < 4.78 is 0. The van der Waals surface area contributed by atoms with Crippen LogP contribution in [0.4, 0.5) is 0 Å². The number of hydrogen-bond acceptors (Lipinski definition) is 4. The number of aromatic nitrogens is 2. The molecule has 0 saturated carbocycles. The molecule has 0 aliphatic heterocycles. The van der Waals surface area contributed by atoms with Gasteiger partial charge in [0.25, 0.3) is 0 Å². The van der Waals surface area contributed by atoms with E-state index >= 15 is 0 Å². The number of H-pyrrole nitrogens is 1. The Morgan fingerprint density at radius 3 is 2.88 bits per heavy atom. The molecule has 1 heterocycles. The van der Waals surface area contributed by atoms with Crippen LogP contribution in [0.25, 0.3) is 11.0 Å². The van der Waals surface area contributed by atoms with Crippen molar-refractivity contribution >= 4 is 17.0 Å². The van der Waals surface area contributed by atoms with Crippen LogP contribution in [0.1, 0.15) is 17.2 Å². The standard InChI is InChI=1S/C10H10N2O4/c13-3-5-1-2-6(9(14)10(15)16)8-7(5)11-4-12-8/h1-2,4,9,13-14H,3H2,(H,11,12)(H,15,16). The second-order valence-corrected chi connectivity index (χ2v) is 3.34. The van der Waals surface area contributed by atoms with Crippen molar-refractivity contribution in [3.63, 3.8) is 0 Å². The first kappa shape index (κ1) is 10.6. The number of benzene rings is 1. The number of aromatic amines is 1. The number of nitrogens with zero attached hydrogens (tertiary/aromatic N) is 1. The van der Waals surface area contributed by atoms with E-state index in [4.69, 9.17) is 10.2 Å². The molecule has 84 valence electrons. The first-order chi connectivity index (χ1) is 7.65. The van der Waals surface area contributed by atoms with Gasteiger partial charge in [0, 0.05) is 11.1 Å². The second-order valence-electron chi connectivity index (χ2n) is 3.34. The second kappa shape index (κ2) is 3.92. The third-order valence-electron chi connectivity index (χ3n) is 2.40. The summed E-state index contributed by atoms with van der Waals surface area (Å²) in [6.45, 7) is -0.190. The Kier molecular flexibility index (Phi) is 2.59. The highest BCUT2D eigenvalue weighted by atomic mass is 16.4. The maximum absolute atomic E-state index is 10.7. The molecule has 0 amide bonds. The number of hydrogen-bond donors (Lipinski definition) is 4. The first-order valence-corrected chi connectivity index (χ1v) is 4.61. The number of carboxylic acid groups (broad SMARTS) is 1. The van der Waals surface area contributed by atoms with Gasteiger partial charge in [-0.1, -0.05) is 12.1 Å². The lowest BCUT2D eigenvalue weighted by Gasteiger charge is -2.08. The van der Waals surface area contributed by atoms with Crippen LogP contribution in [0.5, 0.6) is 0 Å². The maximum Gasteiger partial charge on any atom is 0.337 e. The van der Waals surface area contributed by atoms with Crippen molar-refractivity contribution in [1.29, 1.82) is 0 Å². The summed E-state index contributed by atoms with van der Waals surface area (Å²) >= 11 is 0. The molecule has 6 heteroatoms. The fourth-order valence-electron chi connectivity index (χ4n) is 1.60. The number of nitrogens with one attached hydrogen (secondary N) is 1. The number of fused-ring (bicyclic) bond motifs is 1. The van der Waals surface area contributed by atoms with Crippen LogP contribution in [0.15, 0.2) is 18.5 Å². The number of aliphatic carboxylic acids is 1. The average molecular weight is 222 g/mol. The average Bonchev–Trinajstić information content (AvgIpc) is 2.75. The Balaban J connectivity index is 2.64. The van der Waals surface area contributed by atoms with Gasteiger partial charge in [-0.25, -0.2) is 9.78 Å². The first-order valence-electron chi connectivity index (χ1n) is 4.61. The molecule has 1 unspecified atom stereocenters. The predicted octanol–water partition coefficient (Wildman–Crippen LogP) is 0.173. The summed E-state index contributed by atoms with van der Waals surface area (Å²) in [5.41, 5.74) is 1.72. The Morgan fingerprint density at radius 1 is 1.50 bits per heavy atom. The van der Waals surface area contributed by atoms with Gasteiger partial charge in [-0.05, 0) is 0 Å². The fraction of sp³-hybridized carbons (Fsp3) is 0.200. The van der Waals surface area contributed by atoms with Gasteiger partial charge in [-0.2, -0.15) is 0 Å². The van der Waals surface area contributed by atoms with Crippen molar-refractivity contribution in [3.8, 4) is 0 Å². The van der Waals surface area contributed by atoms with Gasteiger partial charge in [0.2, 0.25) is 0 Å². The minimum Gasteiger partial charge on any atom is -0.479 e. The molecule has 6 nitrogen and oxygen atoms in total. The normalized spacial score (nSPS) is 12.9.